The minimum absolute atomic E-state index is 0.0139. The van der Waals surface area contributed by atoms with Gasteiger partial charge in [0, 0.05) is 13.0 Å². The highest BCUT2D eigenvalue weighted by molar-refractivity contribution is 6.13. The average molecular weight is 300 g/mol. The van der Waals surface area contributed by atoms with Crippen molar-refractivity contribution in [3.63, 3.8) is 0 Å². The van der Waals surface area contributed by atoms with Gasteiger partial charge in [0.15, 0.2) is 5.54 Å². The number of rotatable bonds is 1. The Morgan fingerprint density at radius 1 is 1.10 bits per heavy atom. The number of carbonyl (C=O) groups excluding carboxylic acids is 3. The summed E-state index contributed by atoms with van der Waals surface area (Å²) < 4.78 is 10.3. The number of ether oxygens (including phenoxy) is 2. The summed E-state index contributed by atoms with van der Waals surface area (Å²) in [5, 5.41) is 0. The molecule has 1 heterocycles. The van der Waals surface area contributed by atoms with E-state index in [-0.39, 0.29) is 13.0 Å². The molecule has 1 saturated heterocycles. The quantitative estimate of drug-likeness (QED) is 0.577. The molecule has 0 aliphatic carbocycles. The van der Waals surface area contributed by atoms with E-state index in [1.54, 1.807) is 41.5 Å². The van der Waals surface area contributed by atoms with Gasteiger partial charge in [0.05, 0.1) is 0 Å². The number of hydrogen-bond donors (Lipinski definition) is 1. The first-order valence-electron chi connectivity index (χ1n) is 6.83. The molecule has 1 unspecified atom stereocenters. The molecule has 0 aromatic heterocycles. The molecule has 2 N–H and O–H groups in total. The summed E-state index contributed by atoms with van der Waals surface area (Å²) in [7, 11) is 0. The third-order valence-electron chi connectivity index (χ3n) is 2.73. The Balaban J connectivity index is 2.85. The first-order valence-corrected chi connectivity index (χ1v) is 6.83. The lowest BCUT2D eigenvalue weighted by Crippen LogP contribution is -2.57. The summed E-state index contributed by atoms with van der Waals surface area (Å²) in [5.41, 5.74) is 2.55. The van der Waals surface area contributed by atoms with E-state index in [1.165, 1.54) is 0 Å². The van der Waals surface area contributed by atoms with Crippen molar-refractivity contribution in [2.75, 3.05) is 6.54 Å². The van der Waals surface area contributed by atoms with E-state index < -0.39 is 34.7 Å². The number of hydrogen-bond acceptors (Lipinski definition) is 6. The summed E-state index contributed by atoms with van der Waals surface area (Å²) in [5.74, 6) is -1.61. The highest BCUT2D eigenvalue weighted by Crippen LogP contribution is 2.26. The average Bonchev–Trinajstić information content (AvgIpc) is 2.52. The molecule has 0 spiro atoms. The molecular weight excluding hydrogens is 276 g/mol. The zero-order valence-corrected chi connectivity index (χ0v) is 13.5. The van der Waals surface area contributed by atoms with Gasteiger partial charge in [-0.15, -0.1) is 0 Å². The lowest BCUT2D eigenvalue weighted by Gasteiger charge is -2.27. The zero-order chi connectivity index (χ0) is 16.6. The summed E-state index contributed by atoms with van der Waals surface area (Å²) >= 11 is 0. The van der Waals surface area contributed by atoms with Crippen molar-refractivity contribution in [1.82, 2.24) is 4.90 Å². The van der Waals surface area contributed by atoms with E-state index in [2.05, 4.69) is 0 Å². The molecule has 1 aliphatic heterocycles. The van der Waals surface area contributed by atoms with Crippen LogP contribution in [0.15, 0.2) is 0 Å². The Labute approximate surface area is 124 Å². The maximum Gasteiger partial charge on any atom is 0.417 e. The highest BCUT2D eigenvalue weighted by Gasteiger charge is 2.54. The molecule has 1 rings (SSSR count). The van der Waals surface area contributed by atoms with Gasteiger partial charge in [-0.25, -0.2) is 14.5 Å². The van der Waals surface area contributed by atoms with Crippen LogP contribution in [0.25, 0.3) is 0 Å². The minimum atomic E-state index is -1.83. The maximum atomic E-state index is 12.3. The Bertz CT molecular complexity index is 461. The topological polar surface area (TPSA) is 98.9 Å². The Morgan fingerprint density at radius 3 is 2.00 bits per heavy atom. The second-order valence-electron chi connectivity index (χ2n) is 7.16. The molecule has 0 aromatic carbocycles. The first-order chi connectivity index (χ1) is 9.26. The standard InChI is InChI=1S/C14H24N2O5/c1-12(2,3)20-10(18)14(15)7-8-16(9(14)17)11(19)21-13(4,5)6/h7-8,15H2,1-6H3. The summed E-state index contributed by atoms with van der Waals surface area (Å²) in [4.78, 5) is 37.2. The minimum Gasteiger partial charge on any atom is -0.458 e. The van der Waals surface area contributed by atoms with Gasteiger partial charge < -0.3 is 15.2 Å². The molecule has 7 nitrogen and oxygen atoms in total. The molecule has 0 saturated carbocycles. The van der Waals surface area contributed by atoms with Gasteiger partial charge in [0.1, 0.15) is 11.2 Å². The fourth-order valence-electron chi connectivity index (χ4n) is 1.79. The fourth-order valence-corrected chi connectivity index (χ4v) is 1.79. The highest BCUT2D eigenvalue weighted by atomic mass is 16.6. The van der Waals surface area contributed by atoms with Crippen LogP contribution in [0.1, 0.15) is 48.0 Å². The number of esters is 1. The Morgan fingerprint density at radius 2 is 1.57 bits per heavy atom. The molecule has 1 atom stereocenters. The van der Waals surface area contributed by atoms with Crippen molar-refractivity contribution in [2.24, 2.45) is 5.73 Å². The monoisotopic (exact) mass is 300 g/mol. The van der Waals surface area contributed by atoms with Gasteiger partial charge in [0.25, 0.3) is 5.91 Å². The molecule has 0 aromatic rings. The molecule has 1 fully saturated rings. The van der Waals surface area contributed by atoms with Gasteiger partial charge in [-0.3, -0.25) is 4.79 Å². The molecule has 1 aliphatic rings. The summed E-state index contributed by atoms with van der Waals surface area (Å²) in [6.07, 6.45) is -0.789. The molecular formula is C14H24N2O5. The third-order valence-corrected chi connectivity index (χ3v) is 2.73. The Hall–Kier alpha value is -1.63. The van der Waals surface area contributed by atoms with Crippen LogP contribution in [0.2, 0.25) is 0 Å². The van der Waals surface area contributed by atoms with Crippen molar-refractivity contribution in [3.8, 4) is 0 Å². The number of carbonyl (C=O) groups is 3. The van der Waals surface area contributed by atoms with E-state index in [4.69, 9.17) is 15.2 Å². The largest absolute Gasteiger partial charge is 0.458 e. The molecule has 120 valence electrons. The predicted molar refractivity (Wildman–Crippen MR) is 75.3 cm³/mol. The zero-order valence-electron chi connectivity index (χ0n) is 13.5. The number of amides is 2. The van der Waals surface area contributed by atoms with E-state index in [0.29, 0.717) is 0 Å². The van der Waals surface area contributed by atoms with Crippen molar-refractivity contribution < 1.29 is 23.9 Å². The predicted octanol–water partition coefficient (Wildman–Crippen LogP) is 1.19. The molecule has 0 radical (unpaired) electrons. The van der Waals surface area contributed by atoms with Crippen LogP contribution in [0.5, 0.6) is 0 Å². The van der Waals surface area contributed by atoms with Crippen molar-refractivity contribution >= 4 is 18.0 Å². The smallest absolute Gasteiger partial charge is 0.417 e. The first kappa shape index (κ1) is 17.4. The van der Waals surface area contributed by atoms with Gasteiger partial charge in [-0.1, -0.05) is 0 Å². The Kier molecular flexibility index (Phi) is 4.39. The van der Waals surface area contributed by atoms with Crippen LogP contribution in [-0.4, -0.2) is 46.2 Å². The van der Waals surface area contributed by atoms with Crippen LogP contribution in [0, 0.1) is 0 Å². The summed E-state index contributed by atoms with van der Waals surface area (Å²) in [6.45, 7) is 10.1. The summed E-state index contributed by atoms with van der Waals surface area (Å²) in [6, 6.07) is 0. The van der Waals surface area contributed by atoms with Crippen molar-refractivity contribution in [2.45, 2.75) is 64.7 Å². The third kappa shape index (κ3) is 4.17. The molecule has 0 bridgehead atoms. The number of imide groups is 1. The van der Waals surface area contributed by atoms with Crippen molar-refractivity contribution in [1.29, 1.82) is 0 Å². The SMILES string of the molecule is CC(C)(C)OC(=O)N1CCC(N)(C(=O)OC(C)(C)C)C1=O. The number of nitrogens with zero attached hydrogens (tertiary/aromatic N) is 1. The van der Waals surface area contributed by atoms with Gasteiger partial charge >= 0.3 is 12.1 Å². The van der Waals surface area contributed by atoms with E-state index >= 15 is 0 Å². The normalized spacial score (nSPS) is 23.2. The second kappa shape index (κ2) is 5.29. The van der Waals surface area contributed by atoms with Gasteiger partial charge in [0.2, 0.25) is 0 Å². The number of nitrogens with two attached hydrogens (primary N) is 1. The van der Waals surface area contributed by atoms with Crippen LogP contribution in [-0.2, 0) is 19.1 Å². The van der Waals surface area contributed by atoms with Gasteiger partial charge in [-0.2, -0.15) is 0 Å². The maximum absolute atomic E-state index is 12.3. The molecule has 21 heavy (non-hydrogen) atoms. The van der Waals surface area contributed by atoms with Crippen molar-refractivity contribution in [3.05, 3.63) is 0 Å². The van der Waals surface area contributed by atoms with E-state index in [0.717, 1.165) is 4.90 Å². The van der Waals surface area contributed by atoms with Crippen LogP contribution < -0.4 is 5.73 Å². The van der Waals surface area contributed by atoms with Crippen LogP contribution in [0.3, 0.4) is 0 Å². The molecule has 7 heteroatoms. The van der Waals surface area contributed by atoms with Crippen LogP contribution in [0.4, 0.5) is 4.79 Å². The molecule has 2 amide bonds. The lowest BCUT2D eigenvalue weighted by atomic mass is 9.99. The van der Waals surface area contributed by atoms with E-state index in [1.807, 2.05) is 0 Å². The second-order valence-corrected chi connectivity index (χ2v) is 7.16. The fraction of sp³-hybridized carbons (Fsp3) is 0.786. The van der Waals surface area contributed by atoms with E-state index in [9.17, 15) is 14.4 Å². The lowest BCUT2D eigenvalue weighted by molar-refractivity contribution is -0.164. The van der Waals surface area contributed by atoms with Crippen LogP contribution >= 0.6 is 0 Å². The number of likely N-dealkylation sites (tertiary alicyclic amines) is 1. The van der Waals surface area contributed by atoms with Gasteiger partial charge in [-0.05, 0) is 41.5 Å².